The van der Waals surface area contributed by atoms with Crippen LogP contribution in [0.3, 0.4) is 0 Å². The topological polar surface area (TPSA) is 75.7 Å². The van der Waals surface area contributed by atoms with E-state index in [2.05, 4.69) is 5.32 Å². The van der Waals surface area contributed by atoms with Crippen molar-refractivity contribution < 1.29 is 17.9 Å². The second-order valence-corrected chi connectivity index (χ2v) is 10.0. The predicted molar refractivity (Wildman–Crippen MR) is 123 cm³/mol. The van der Waals surface area contributed by atoms with E-state index in [0.29, 0.717) is 18.0 Å². The molecule has 168 valence electrons. The highest BCUT2D eigenvalue weighted by Gasteiger charge is 2.34. The Labute approximate surface area is 185 Å². The van der Waals surface area contributed by atoms with Crippen molar-refractivity contribution in [2.75, 3.05) is 18.5 Å². The molecule has 0 unspecified atom stereocenters. The molecule has 7 heteroatoms. The summed E-state index contributed by atoms with van der Waals surface area (Å²) in [6.45, 7) is 6.07. The number of anilines is 1. The number of amides is 1. The van der Waals surface area contributed by atoms with E-state index in [1.165, 1.54) is 4.31 Å². The summed E-state index contributed by atoms with van der Waals surface area (Å²) in [5.74, 6) is 0.298. The van der Waals surface area contributed by atoms with Gasteiger partial charge in [0.2, 0.25) is 15.9 Å². The first kappa shape index (κ1) is 23.3. The second-order valence-electron chi connectivity index (χ2n) is 8.11. The first-order chi connectivity index (χ1) is 14.8. The van der Waals surface area contributed by atoms with Gasteiger partial charge in [-0.15, -0.1) is 0 Å². The summed E-state index contributed by atoms with van der Waals surface area (Å²) >= 11 is 0. The van der Waals surface area contributed by atoms with Crippen molar-refractivity contribution in [3.05, 3.63) is 53.6 Å². The van der Waals surface area contributed by atoms with E-state index in [1.807, 2.05) is 39.0 Å². The summed E-state index contributed by atoms with van der Waals surface area (Å²) in [6.07, 6.45) is 4.58. The average Bonchev–Trinajstić information content (AvgIpc) is 2.76. The van der Waals surface area contributed by atoms with Gasteiger partial charge in [0.15, 0.2) is 0 Å². The molecule has 31 heavy (non-hydrogen) atoms. The Morgan fingerprint density at radius 3 is 2.39 bits per heavy atom. The monoisotopic (exact) mass is 444 g/mol. The minimum Gasteiger partial charge on any atom is -0.494 e. The van der Waals surface area contributed by atoms with Crippen LogP contribution in [0.5, 0.6) is 5.75 Å². The first-order valence-corrected chi connectivity index (χ1v) is 12.4. The normalized spacial score (nSPS) is 15.1. The summed E-state index contributed by atoms with van der Waals surface area (Å²) in [5.41, 5.74) is 2.69. The molecule has 1 aliphatic carbocycles. The molecule has 0 radical (unpaired) electrons. The highest BCUT2D eigenvalue weighted by Crippen LogP contribution is 2.29. The maximum absolute atomic E-state index is 13.5. The molecule has 0 saturated heterocycles. The molecule has 6 nitrogen and oxygen atoms in total. The van der Waals surface area contributed by atoms with E-state index >= 15 is 0 Å². The number of nitrogens with one attached hydrogen (secondary N) is 1. The lowest BCUT2D eigenvalue weighted by Crippen LogP contribution is -2.45. The van der Waals surface area contributed by atoms with E-state index in [0.717, 1.165) is 43.2 Å². The first-order valence-electron chi connectivity index (χ1n) is 10.9. The van der Waals surface area contributed by atoms with Crippen LogP contribution in [0.4, 0.5) is 5.69 Å². The number of nitrogens with zero attached hydrogens (tertiary/aromatic N) is 1. The van der Waals surface area contributed by atoms with Crippen LogP contribution in [0.25, 0.3) is 0 Å². The average molecular weight is 445 g/mol. The number of ether oxygens (including phenoxy) is 1. The zero-order valence-electron chi connectivity index (χ0n) is 18.6. The van der Waals surface area contributed by atoms with Gasteiger partial charge in [0, 0.05) is 11.7 Å². The van der Waals surface area contributed by atoms with E-state index in [9.17, 15) is 13.2 Å². The molecule has 0 heterocycles. The number of benzene rings is 2. The molecular formula is C24H32N2O4S. The Hall–Kier alpha value is -2.38. The molecule has 0 atom stereocenters. The quantitative estimate of drug-likeness (QED) is 0.642. The third-order valence-corrected chi connectivity index (χ3v) is 7.60. The standard InChI is InChI=1S/C24H32N2O4S/c1-4-30-21-12-14-22(15-13-21)31(28,29)26(20-8-6-5-7-9-20)17-24(27)25-23-16-18(2)10-11-19(23)3/h10-16,20H,4-9,17H2,1-3H3,(H,25,27). The van der Waals surface area contributed by atoms with Gasteiger partial charge >= 0.3 is 0 Å². The molecule has 1 saturated carbocycles. The molecule has 0 spiro atoms. The van der Waals surface area contributed by atoms with Gasteiger partial charge in [-0.1, -0.05) is 31.4 Å². The molecule has 0 aromatic heterocycles. The van der Waals surface area contributed by atoms with Crippen LogP contribution in [0.15, 0.2) is 47.4 Å². The fraction of sp³-hybridized carbons (Fsp3) is 0.458. The van der Waals surface area contributed by atoms with Crippen LogP contribution in [0.2, 0.25) is 0 Å². The van der Waals surface area contributed by atoms with E-state index in [-0.39, 0.29) is 23.4 Å². The number of carbonyl (C=O) groups is 1. The van der Waals surface area contributed by atoms with Gasteiger partial charge in [-0.3, -0.25) is 4.79 Å². The minimum atomic E-state index is -3.82. The van der Waals surface area contributed by atoms with Crippen molar-refractivity contribution in [1.82, 2.24) is 4.31 Å². The molecule has 1 fully saturated rings. The highest BCUT2D eigenvalue weighted by molar-refractivity contribution is 7.89. The highest BCUT2D eigenvalue weighted by atomic mass is 32.2. The molecule has 2 aromatic carbocycles. The van der Waals surface area contributed by atoms with Gasteiger partial charge in [-0.05, 0) is 75.1 Å². The molecule has 3 rings (SSSR count). The number of aryl methyl sites for hydroxylation is 2. The van der Waals surface area contributed by atoms with Crippen LogP contribution in [0, 0.1) is 13.8 Å². The van der Waals surface area contributed by atoms with Gasteiger partial charge < -0.3 is 10.1 Å². The van der Waals surface area contributed by atoms with Gasteiger partial charge in [0.1, 0.15) is 5.75 Å². The molecule has 0 bridgehead atoms. The Morgan fingerprint density at radius 2 is 1.74 bits per heavy atom. The lowest BCUT2D eigenvalue weighted by atomic mass is 9.95. The van der Waals surface area contributed by atoms with Crippen LogP contribution in [-0.4, -0.2) is 37.8 Å². The maximum atomic E-state index is 13.5. The van der Waals surface area contributed by atoms with E-state index < -0.39 is 10.0 Å². The zero-order valence-corrected chi connectivity index (χ0v) is 19.4. The number of carbonyl (C=O) groups excluding carboxylic acids is 1. The third kappa shape index (κ3) is 5.86. The van der Waals surface area contributed by atoms with Crippen molar-refractivity contribution >= 4 is 21.6 Å². The number of hydrogen-bond donors (Lipinski definition) is 1. The summed E-state index contributed by atoms with van der Waals surface area (Å²) in [5, 5.41) is 2.90. The molecule has 1 aliphatic rings. The van der Waals surface area contributed by atoms with Gasteiger partial charge in [0.25, 0.3) is 0 Å². The molecule has 1 N–H and O–H groups in total. The molecular weight excluding hydrogens is 412 g/mol. The number of rotatable bonds is 8. The maximum Gasteiger partial charge on any atom is 0.243 e. The minimum absolute atomic E-state index is 0.172. The molecule has 2 aromatic rings. The Balaban J connectivity index is 1.85. The summed E-state index contributed by atoms with van der Waals surface area (Å²) < 4.78 is 33.9. The van der Waals surface area contributed by atoms with Gasteiger partial charge in [-0.25, -0.2) is 8.42 Å². The Morgan fingerprint density at radius 1 is 1.06 bits per heavy atom. The van der Waals surface area contributed by atoms with Crippen molar-refractivity contribution in [3.8, 4) is 5.75 Å². The molecule has 0 aliphatic heterocycles. The fourth-order valence-electron chi connectivity index (χ4n) is 3.99. The number of sulfonamides is 1. The lowest BCUT2D eigenvalue weighted by Gasteiger charge is -2.33. The zero-order chi connectivity index (χ0) is 22.4. The summed E-state index contributed by atoms with van der Waals surface area (Å²) in [7, 11) is -3.82. The van der Waals surface area contributed by atoms with E-state index in [4.69, 9.17) is 4.74 Å². The largest absolute Gasteiger partial charge is 0.494 e. The van der Waals surface area contributed by atoms with Gasteiger partial charge in [-0.2, -0.15) is 4.31 Å². The van der Waals surface area contributed by atoms with Crippen molar-refractivity contribution in [3.63, 3.8) is 0 Å². The van der Waals surface area contributed by atoms with Crippen molar-refractivity contribution in [2.45, 2.75) is 63.8 Å². The van der Waals surface area contributed by atoms with Crippen LogP contribution in [0.1, 0.15) is 50.2 Å². The molecule has 1 amide bonds. The number of hydrogen-bond acceptors (Lipinski definition) is 4. The smallest absolute Gasteiger partial charge is 0.243 e. The lowest BCUT2D eigenvalue weighted by molar-refractivity contribution is -0.116. The fourth-order valence-corrected chi connectivity index (χ4v) is 5.63. The van der Waals surface area contributed by atoms with Crippen molar-refractivity contribution in [1.29, 1.82) is 0 Å². The SMILES string of the molecule is CCOc1ccc(S(=O)(=O)N(CC(=O)Nc2cc(C)ccc2C)C2CCCCC2)cc1. The third-order valence-electron chi connectivity index (χ3n) is 5.69. The second kappa shape index (κ2) is 10.3. The summed E-state index contributed by atoms with van der Waals surface area (Å²) in [4.78, 5) is 13.1. The van der Waals surface area contributed by atoms with Gasteiger partial charge in [0.05, 0.1) is 18.0 Å². The summed E-state index contributed by atoms with van der Waals surface area (Å²) in [6, 6.07) is 12.1. The Kier molecular flexibility index (Phi) is 7.73. The van der Waals surface area contributed by atoms with Crippen LogP contribution in [-0.2, 0) is 14.8 Å². The predicted octanol–water partition coefficient (Wildman–Crippen LogP) is 4.66. The van der Waals surface area contributed by atoms with Crippen LogP contribution < -0.4 is 10.1 Å². The van der Waals surface area contributed by atoms with Crippen molar-refractivity contribution in [2.24, 2.45) is 0 Å². The van der Waals surface area contributed by atoms with E-state index in [1.54, 1.807) is 24.3 Å². The Bertz CT molecular complexity index is 997. The van der Waals surface area contributed by atoms with Crippen LogP contribution >= 0.6 is 0 Å².